The van der Waals surface area contributed by atoms with Crippen molar-refractivity contribution in [2.24, 2.45) is 5.92 Å². The molecule has 3 aliphatic rings. The van der Waals surface area contributed by atoms with E-state index in [4.69, 9.17) is 14.7 Å². The first kappa shape index (κ1) is 21.5. The summed E-state index contributed by atoms with van der Waals surface area (Å²) in [5.41, 5.74) is 6.89. The van der Waals surface area contributed by atoms with E-state index in [0.717, 1.165) is 65.8 Å². The average Bonchev–Trinajstić information content (AvgIpc) is 3.21. The van der Waals surface area contributed by atoms with Gasteiger partial charge >= 0.3 is 5.97 Å². The number of aryl methyl sites for hydroxylation is 1. The number of aromatic amines is 1. The van der Waals surface area contributed by atoms with Gasteiger partial charge in [-0.25, -0.2) is 4.79 Å². The summed E-state index contributed by atoms with van der Waals surface area (Å²) in [6.45, 7) is 4.33. The molecule has 1 spiro atoms. The number of rotatable bonds is 4. The number of esters is 1. The number of aromatic nitrogens is 1. The number of ether oxygens (including phenoxy) is 2. The van der Waals surface area contributed by atoms with E-state index in [-0.39, 0.29) is 18.3 Å². The van der Waals surface area contributed by atoms with E-state index in [1.165, 1.54) is 19.3 Å². The first-order valence-electron chi connectivity index (χ1n) is 12.3. The lowest BCUT2D eigenvalue weighted by atomic mass is 9.74. The lowest BCUT2D eigenvalue weighted by Gasteiger charge is -2.56. The molecule has 2 fully saturated rings. The minimum atomic E-state index is -0.329. The topological polar surface area (TPSA) is 86.8 Å². The van der Waals surface area contributed by atoms with Crippen molar-refractivity contribution < 1.29 is 19.5 Å². The third-order valence-corrected chi connectivity index (χ3v) is 7.98. The summed E-state index contributed by atoms with van der Waals surface area (Å²) in [6.07, 6.45) is 6.83. The van der Waals surface area contributed by atoms with Gasteiger partial charge in [0.25, 0.3) is 0 Å². The summed E-state index contributed by atoms with van der Waals surface area (Å²) in [4.78, 5) is 19.3. The summed E-state index contributed by atoms with van der Waals surface area (Å²) in [5.74, 6) is 1.03. The van der Waals surface area contributed by atoms with Gasteiger partial charge in [-0.3, -0.25) is 15.6 Å². The van der Waals surface area contributed by atoms with E-state index >= 15 is 0 Å². The van der Waals surface area contributed by atoms with Gasteiger partial charge in [-0.05, 0) is 68.9 Å². The molecule has 0 radical (unpaired) electrons. The van der Waals surface area contributed by atoms with Crippen LogP contribution in [-0.2, 0) is 17.8 Å². The lowest BCUT2D eigenvalue weighted by molar-refractivity contribution is -0.177. The second-order valence-corrected chi connectivity index (χ2v) is 9.91. The van der Waals surface area contributed by atoms with Crippen LogP contribution in [0.15, 0.2) is 36.4 Å². The second kappa shape index (κ2) is 8.32. The minimum Gasteiger partial charge on any atom is -0.472 e. The van der Waals surface area contributed by atoms with Crippen LogP contribution in [-0.4, -0.2) is 39.9 Å². The molecule has 2 aromatic carbocycles. The van der Waals surface area contributed by atoms with Gasteiger partial charge in [0.1, 0.15) is 12.4 Å². The highest BCUT2D eigenvalue weighted by atomic mass is 16.5. The quantitative estimate of drug-likeness (QED) is 0.367. The first-order chi connectivity index (χ1) is 16.6. The molecule has 2 unspecified atom stereocenters. The highest BCUT2D eigenvalue weighted by Gasteiger charge is 2.52. The zero-order valence-electron chi connectivity index (χ0n) is 19.5. The first-order valence-corrected chi connectivity index (χ1v) is 12.3. The predicted octanol–water partition coefficient (Wildman–Crippen LogP) is 5.16. The summed E-state index contributed by atoms with van der Waals surface area (Å²) >= 11 is 0. The Labute approximate surface area is 199 Å². The van der Waals surface area contributed by atoms with Crippen molar-refractivity contribution in [1.29, 1.82) is 0 Å². The van der Waals surface area contributed by atoms with Crippen LogP contribution in [0.4, 0.5) is 5.69 Å². The van der Waals surface area contributed by atoms with E-state index in [1.807, 2.05) is 25.1 Å². The molecule has 3 aromatic rings. The molecular formula is C27H31N3O4. The van der Waals surface area contributed by atoms with Crippen molar-refractivity contribution >= 4 is 22.6 Å². The van der Waals surface area contributed by atoms with E-state index in [2.05, 4.69) is 21.4 Å². The summed E-state index contributed by atoms with van der Waals surface area (Å²) in [7, 11) is 0. The Morgan fingerprint density at radius 3 is 2.85 bits per heavy atom. The van der Waals surface area contributed by atoms with Crippen molar-refractivity contribution in [3.05, 3.63) is 58.8 Å². The van der Waals surface area contributed by atoms with E-state index < -0.39 is 0 Å². The molecule has 0 aliphatic carbocycles. The van der Waals surface area contributed by atoms with E-state index in [0.29, 0.717) is 17.2 Å². The van der Waals surface area contributed by atoms with E-state index in [9.17, 15) is 4.79 Å². The summed E-state index contributed by atoms with van der Waals surface area (Å²) in [6, 6.07) is 11.2. The third kappa shape index (κ3) is 3.37. The third-order valence-electron chi connectivity index (χ3n) is 7.98. The Bertz CT molecular complexity index is 1230. The normalized spacial score (nSPS) is 24.0. The molecule has 7 heteroatoms. The van der Waals surface area contributed by atoms with Crippen LogP contribution in [0, 0.1) is 12.8 Å². The molecule has 2 saturated heterocycles. The zero-order valence-corrected chi connectivity index (χ0v) is 19.5. The Kier molecular flexibility index (Phi) is 5.26. The molecule has 3 N–H and O–H groups in total. The number of benzene rings is 2. The maximum atomic E-state index is 13.3. The number of anilines is 1. The van der Waals surface area contributed by atoms with Gasteiger partial charge in [0.2, 0.25) is 0 Å². The Balaban J connectivity index is 1.33. The molecule has 4 heterocycles. The van der Waals surface area contributed by atoms with Crippen molar-refractivity contribution in [3.63, 3.8) is 0 Å². The smallest absolute Gasteiger partial charge is 0.340 e. The number of carbonyl (C=O) groups is 1. The van der Waals surface area contributed by atoms with Crippen LogP contribution in [0.2, 0.25) is 0 Å². The van der Waals surface area contributed by atoms with Crippen molar-refractivity contribution in [1.82, 2.24) is 9.88 Å². The molecule has 1 aromatic heterocycles. The van der Waals surface area contributed by atoms with Crippen LogP contribution in [0.5, 0.6) is 5.75 Å². The molecule has 34 heavy (non-hydrogen) atoms. The molecule has 3 aliphatic heterocycles. The number of hydrogen-bond acceptors (Lipinski definition) is 6. The van der Waals surface area contributed by atoms with Gasteiger partial charge in [0.05, 0.1) is 11.3 Å². The minimum absolute atomic E-state index is 0.170. The molecule has 0 amide bonds. The van der Waals surface area contributed by atoms with Crippen LogP contribution in [0.3, 0.4) is 0 Å². The second-order valence-electron chi connectivity index (χ2n) is 9.91. The molecule has 0 saturated carbocycles. The molecule has 0 bridgehead atoms. The maximum absolute atomic E-state index is 13.3. The van der Waals surface area contributed by atoms with Crippen LogP contribution in [0.25, 0.3) is 10.9 Å². The van der Waals surface area contributed by atoms with Crippen molar-refractivity contribution in [2.75, 3.05) is 18.6 Å². The van der Waals surface area contributed by atoms with Gasteiger partial charge in [-0.1, -0.05) is 12.1 Å². The summed E-state index contributed by atoms with van der Waals surface area (Å²) in [5, 5.41) is 9.93. The molecule has 7 nitrogen and oxygen atoms in total. The van der Waals surface area contributed by atoms with Gasteiger partial charge in [-0.2, -0.15) is 0 Å². The number of nitrogens with zero attached hydrogens (tertiary/aromatic N) is 1. The number of piperidine rings is 2. The van der Waals surface area contributed by atoms with E-state index in [1.54, 1.807) is 12.1 Å². The van der Waals surface area contributed by atoms with Crippen LogP contribution in [0.1, 0.15) is 59.3 Å². The predicted molar refractivity (Wildman–Crippen MR) is 129 cm³/mol. The number of fused-ring (bicyclic) bond motifs is 3. The fourth-order valence-electron chi connectivity index (χ4n) is 6.36. The molecular weight excluding hydrogens is 430 g/mol. The summed E-state index contributed by atoms with van der Waals surface area (Å²) < 4.78 is 12.6. The van der Waals surface area contributed by atoms with Gasteiger partial charge in [-0.15, -0.1) is 0 Å². The Morgan fingerprint density at radius 2 is 2.03 bits per heavy atom. The highest BCUT2D eigenvalue weighted by Crippen LogP contribution is 2.50. The largest absolute Gasteiger partial charge is 0.472 e. The standard InChI is InChI=1S/C27H31N3O4/c1-17-24(26(31)33-16-18-6-8-20(29-32)9-7-18)25-21-15-19-5-4-14-30-13-3-2-12-27(19,30)34-23(21)11-10-22(25)28-17/h6-11,19,28-29,32H,2-5,12-16H2,1H3. The number of nitrogens with one attached hydrogen (secondary N) is 2. The van der Waals surface area contributed by atoms with Crippen LogP contribution < -0.4 is 10.2 Å². The molecule has 2 atom stereocenters. The number of hydrogen-bond donors (Lipinski definition) is 3. The maximum Gasteiger partial charge on any atom is 0.340 e. The fourth-order valence-corrected chi connectivity index (χ4v) is 6.36. The highest BCUT2D eigenvalue weighted by molar-refractivity contribution is 6.07. The van der Waals surface area contributed by atoms with Crippen molar-refractivity contribution in [2.45, 2.75) is 57.8 Å². The number of carbonyl (C=O) groups excluding carboxylic acids is 1. The zero-order chi connectivity index (χ0) is 23.3. The van der Waals surface area contributed by atoms with Gasteiger partial charge in [0.15, 0.2) is 5.72 Å². The van der Waals surface area contributed by atoms with Gasteiger partial charge < -0.3 is 14.5 Å². The van der Waals surface area contributed by atoms with Crippen LogP contribution >= 0.6 is 0 Å². The number of H-pyrrole nitrogens is 1. The Morgan fingerprint density at radius 1 is 1.21 bits per heavy atom. The fraction of sp³-hybridized carbons (Fsp3) is 0.444. The Hall–Kier alpha value is -3.03. The monoisotopic (exact) mass is 461 g/mol. The lowest BCUT2D eigenvalue weighted by Crippen LogP contribution is -2.64. The SMILES string of the molecule is Cc1[nH]c2ccc3c(c2c1C(=O)OCc1ccc(NO)cc1)CC1CCCN2CCCCC12O3. The van der Waals surface area contributed by atoms with Crippen molar-refractivity contribution in [3.8, 4) is 5.75 Å². The average molecular weight is 462 g/mol. The molecule has 6 rings (SSSR count). The molecule has 178 valence electrons. The van der Waals surface area contributed by atoms with Gasteiger partial charge in [0, 0.05) is 47.6 Å².